The number of hydrogen-bond donors (Lipinski definition) is 2. The Hall–Kier alpha value is -3.72. The molecule has 9 nitrogen and oxygen atoms in total. The lowest BCUT2D eigenvalue weighted by atomic mass is 10.2. The van der Waals surface area contributed by atoms with Crippen molar-refractivity contribution in [2.24, 2.45) is 7.05 Å². The lowest BCUT2D eigenvalue weighted by molar-refractivity contribution is 0.102. The van der Waals surface area contributed by atoms with Crippen LogP contribution in [0.25, 0.3) is 0 Å². The Labute approximate surface area is 180 Å². The maximum atomic E-state index is 12.8. The topological polar surface area (TPSA) is 104 Å². The quantitative estimate of drug-likeness (QED) is 0.540. The molecule has 1 atom stereocenters. The average molecular weight is 427 g/mol. The summed E-state index contributed by atoms with van der Waals surface area (Å²) in [6.07, 6.45) is 1.27. The number of rotatable bonds is 9. The van der Waals surface area contributed by atoms with E-state index in [0.717, 1.165) is 0 Å². The zero-order valence-corrected chi connectivity index (χ0v) is 17.8. The first-order chi connectivity index (χ1) is 14.9. The van der Waals surface area contributed by atoms with E-state index in [2.05, 4.69) is 10.4 Å². The van der Waals surface area contributed by atoms with Crippen LogP contribution < -0.4 is 24.3 Å². The first-order valence-electron chi connectivity index (χ1n) is 9.55. The number of ether oxygens (including phenoxy) is 4. The molecule has 0 unspecified atom stereocenters. The standard InChI is InChI=1S/C22H25N3O6/c1-14(13-26)30-17-9-15(22(27)23-21-7-8-25(2)24-21)10-18(11-17)31-16-5-6-19(28-3)20(12-16)29-4/h5-12,14,26H,13H2,1-4H3,(H,23,24,27)/t14-/m0/s1. The Morgan fingerprint density at radius 3 is 2.45 bits per heavy atom. The number of nitrogens with zero attached hydrogens (tertiary/aromatic N) is 2. The molecular formula is C22H25N3O6. The van der Waals surface area contributed by atoms with Gasteiger partial charge in [-0.15, -0.1) is 0 Å². The van der Waals surface area contributed by atoms with Crippen LogP contribution in [-0.2, 0) is 7.05 Å². The first-order valence-corrected chi connectivity index (χ1v) is 9.55. The molecule has 3 aromatic rings. The van der Waals surface area contributed by atoms with E-state index in [1.54, 1.807) is 74.4 Å². The Morgan fingerprint density at radius 1 is 1.06 bits per heavy atom. The summed E-state index contributed by atoms with van der Waals surface area (Å²) in [6.45, 7) is 1.55. The predicted molar refractivity (Wildman–Crippen MR) is 114 cm³/mol. The SMILES string of the molecule is COc1ccc(Oc2cc(O[C@@H](C)CO)cc(C(=O)Nc3ccn(C)n3)c2)cc1OC. The molecule has 0 bridgehead atoms. The molecular weight excluding hydrogens is 402 g/mol. The molecule has 2 N–H and O–H groups in total. The molecule has 1 heterocycles. The minimum atomic E-state index is -0.456. The van der Waals surface area contributed by atoms with E-state index >= 15 is 0 Å². The normalized spacial score (nSPS) is 11.5. The van der Waals surface area contributed by atoms with Crippen LogP contribution in [0.3, 0.4) is 0 Å². The highest BCUT2D eigenvalue weighted by atomic mass is 16.5. The number of carbonyl (C=O) groups excluding carboxylic acids is 1. The molecule has 2 aromatic carbocycles. The van der Waals surface area contributed by atoms with Crippen molar-refractivity contribution in [2.45, 2.75) is 13.0 Å². The summed E-state index contributed by atoms with van der Waals surface area (Å²) < 4.78 is 23.8. The highest BCUT2D eigenvalue weighted by Crippen LogP contribution is 2.34. The smallest absolute Gasteiger partial charge is 0.257 e. The predicted octanol–water partition coefficient (Wildman–Crippen LogP) is 3.24. The van der Waals surface area contributed by atoms with Gasteiger partial charge in [-0.25, -0.2) is 0 Å². The second-order valence-corrected chi connectivity index (χ2v) is 6.75. The second kappa shape index (κ2) is 9.86. The maximum absolute atomic E-state index is 12.8. The van der Waals surface area contributed by atoms with Crippen LogP contribution in [0.2, 0.25) is 0 Å². The highest BCUT2D eigenvalue weighted by molar-refractivity contribution is 6.04. The summed E-state index contributed by atoms with van der Waals surface area (Å²) in [5, 5.41) is 16.2. The molecule has 3 rings (SSSR count). The van der Waals surface area contributed by atoms with E-state index < -0.39 is 6.10 Å². The van der Waals surface area contributed by atoms with Gasteiger partial charge in [0.05, 0.1) is 20.8 Å². The fraction of sp³-hybridized carbons (Fsp3) is 0.273. The van der Waals surface area contributed by atoms with E-state index in [0.29, 0.717) is 40.1 Å². The minimum Gasteiger partial charge on any atom is -0.493 e. The Balaban J connectivity index is 1.90. The van der Waals surface area contributed by atoms with Gasteiger partial charge in [0.1, 0.15) is 23.4 Å². The Morgan fingerprint density at radius 2 is 1.81 bits per heavy atom. The van der Waals surface area contributed by atoms with E-state index in [4.69, 9.17) is 18.9 Å². The molecule has 9 heteroatoms. The number of hydrogen-bond acceptors (Lipinski definition) is 7. The molecule has 1 amide bonds. The molecule has 0 fully saturated rings. The molecule has 0 saturated carbocycles. The van der Waals surface area contributed by atoms with Crippen LogP contribution in [0.4, 0.5) is 5.82 Å². The number of nitrogens with one attached hydrogen (secondary N) is 1. The number of aliphatic hydroxyl groups excluding tert-OH is 1. The van der Waals surface area contributed by atoms with Crippen LogP contribution in [0.5, 0.6) is 28.7 Å². The number of benzene rings is 2. The summed E-state index contributed by atoms with van der Waals surface area (Å²) >= 11 is 0. The fourth-order valence-corrected chi connectivity index (χ4v) is 2.79. The van der Waals surface area contributed by atoms with Crippen LogP contribution in [-0.4, -0.2) is 47.7 Å². The molecule has 0 aliphatic carbocycles. The van der Waals surface area contributed by atoms with Gasteiger partial charge in [0.15, 0.2) is 17.3 Å². The highest BCUT2D eigenvalue weighted by Gasteiger charge is 2.15. The van der Waals surface area contributed by atoms with Crippen LogP contribution in [0, 0.1) is 0 Å². The van der Waals surface area contributed by atoms with Gasteiger partial charge in [-0.3, -0.25) is 9.48 Å². The average Bonchev–Trinajstić information content (AvgIpc) is 3.17. The minimum absolute atomic E-state index is 0.170. The van der Waals surface area contributed by atoms with Gasteiger partial charge in [-0.05, 0) is 31.2 Å². The van der Waals surface area contributed by atoms with Gasteiger partial charge in [0.25, 0.3) is 5.91 Å². The number of anilines is 1. The lowest BCUT2D eigenvalue weighted by Gasteiger charge is -2.16. The third-order valence-corrected chi connectivity index (χ3v) is 4.28. The van der Waals surface area contributed by atoms with Gasteiger partial charge in [-0.2, -0.15) is 5.10 Å². The van der Waals surface area contributed by atoms with Crippen LogP contribution >= 0.6 is 0 Å². The van der Waals surface area contributed by atoms with Crippen LogP contribution in [0.15, 0.2) is 48.7 Å². The van der Waals surface area contributed by atoms with Gasteiger partial charge in [-0.1, -0.05) is 0 Å². The van der Waals surface area contributed by atoms with E-state index in [1.807, 2.05) is 0 Å². The van der Waals surface area contributed by atoms with Crippen LogP contribution in [0.1, 0.15) is 17.3 Å². The molecule has 1 aromatic heterocycles. The van der Waals surface area contributed by atoms with Crippen molar-refractivity contribution in [3.05, 3.63) is 54.2 Å². The molecule has 0 radical (unpaired) electrons. The van der Waals surface area contributed by atoms with Crippen molar-refractivity contribution in [2.75, 3.05) is 26.1 Å². The van der Waals surface area contributed by atoms with Gasteiger partial charge >= 0.3 is 0 Å². The first kappa shape index (κ1) is 22.0. The number of carbonyl (C=O) groups is 1. The summed E-state index contributed by atoms with van der Waals surface area (Å²) in [6, 6.07) is 11.6. The summed E-state index contributed by atoms with van der Waals surface area (Å²) in [7, 11) is 4.84. The zero-order valence-electron chi connectivity index (χ0n) is 17.8. The molecule has 0 aliphatic heterocycles. The van der Waals surface area contributed by atoms with Gasteiger partial charge in [0.2, 0.25) is 0 Å². The summed E-state index contributed by atoms with van der Waals surface area (Å²) in [5.74, 6) is 2.37. The maximum Gasteiger partial charge on any atom is 0.257 e. The van der Waals surface area contributed by atoms with Crippen molar-refractivity contribution in [3.8, 4) is 28.7 Å². The van der Waals surface area contributed by atoms with Crippen molar-refractivity contribution < 1.29 is 28.8 Å². The lowest BCUT2D eigenvalue weighted by Crippen LogP contribution is -2.17. The van der Waals surface area contributed by atoms with E-state index in [9.17, 15) is 9.90 Å². The number of aromatic nitrogens is 2. The molecule has 0 spiro atoms. The van der Waals surface area contributed by atoms with Crippen molar-refractivity contribution in [1.29, 1.82) is 0 Å². The van der Waals surface area contributed by atoms with Gasteiger partial charge in [0, 0.05) is 37.0 Å². The fourth-order valence-electron chi connectivity index (χ4n) is 2.79. The molecule has 0 saturated heterocycles. The number of methoxy groups -OCH3 is 2. The third kappa shape index (κ3) is 5.67. The van der Waals surface area contributed by atoms with Crippen molar-refractivity contribution in [3.63, 3.8) is 0 Å². The number of aryl methyl sites for hydroxylation is 1. The second-order valence-electron chi connectivity index (χ2n) is 6.75. The zero-order chi connectivity index (χ0) is 22.4. The van der Waals surface area contributed by atoms with E-state index in [1.165, 1.54) is 7.11 Å². The molecule has 164 valence electrons. The van der Waals surface area contributed by atoms with Crippen molar-refractivity contribution in [1.82, 2.24) is 9.78 Å². The monoisotopic (exact) mass is 427 g/mol. The third-order valence-electron chi connectivity index (χ3n) is 4.28. The Kier molecular flexibility index (Phi) is 6.99. The van der Waals surface area contributed by atoms with Gasteiger partial charge < -0.3 is 29.4 Å². The van der Waals surface area contributed by atoms with Crippen molar-refractivity contribution >= 4 is 11.7 Å². The summed E-state index contributed by atoms with van der Waals surface area (Å²) in [4.78, 5) is 12.8. The summed E-state index contributed by atoms with van der Waals surface area (Å²) in [5.41, 5.74) is 0.309. The largest absolute Gasteiger partial charge is 0.493 e. The Bertz CT molecular complexity index is 1050. The molecule has 0 aliphatic rings. The number of aliphatic hydroxyl groups is 1. The van der Waals surface area contributed by atoms with E-state index in [-0.39, 0.29) is 12.5 Å². The number of amides is 1. The molecule has 31 heavy (non-hydrogen) atoms.